The molecule has 0 saturated heterocycles. The van der Waals surface area contributed by atoms with Gasteiger partial charge in [-0.1, -0.05) is 48.9 Å². The molecule has 1 saturated carbocycles. The van der Waals surface area contributed by atoms with Crippen molar-refractivity contribution < 1.29 is 13.2 Å². The maximum Gasteiger partial charge on any atom is 0.458 e. The molecule has 0 unspecified atom stereocenters. The van der Waals surface area contributed by atoms with Crippen molar-refractivity contribution in [3.63, 3.8) is 0 Å². The summed E-state index contributed by atoms with van der Waals surface area (Å²) in [5, 5.41) is 0.376. The van der Waals surface area contributed by atoms with Crippen LogP contribution in [0.5, 0.6) is 0 Å². The van der Waals surface area contributed by atoms with E-state index in [0.29, 0.717) is 5.92 Å². The van der Waals surface area contributed by atoms with Gasteiger partial charge < -0.3 is 0 Å². The Labute approximate surface area is 132 Å². The van der Waals surface area contributed by atoms with Gasteiger partial charge in [-0.2, -0.15) is 13.2 Å². The first-order chi connectivity index (χ1) is 9.76. The number of hydrogen-bond donors (Lipinski definition) is 0. The third kappa shape index (κ3) is 4.56. The Hall–Kier alpha value is -0.850. The molecule has 0 N–H and O–H groups in total. The molecule has 0 aromatic heterocycles. The van der Waals surface area contributed by atoms with Crippen LogP contribution in [0.3, 0.4) is 0 Å². The fourth-order valence-corrected chi connectivity index (χ4v) is 3.27. The molecule has 0 amide bonds. The summed E-state index contributed by atoms with van der Waals surface area (Å²) in [5.74, 6) is 4.33. The van der Waals surface area contributed by atoms with Gasteiger partial charge in [0.1, 0.15) is 0 Å². The molecule has 0 spiro atoms. The van der Waals surface area contributed by atoms with Crippen molar-refractivity contribution in [1.29, 1.82) is 0 Å². The number of alkyl halides is 3. The third-order valence-electron chi connectivity index (χ3n) is 3.88. The summed E-state index contributed by atoms with van der Waals surface area (Å²) in [6, 6.07) is 3.41. The highest BCUT2D eigenvalue weighted by molar-refractivity contribution is 6.36. The molecule has 0 heterocycles. The normalized spacial score (nSPS) is 22.6. The lowest BCUT2D eigenvalue weighted by Gasteiger charge is -2.26. The number of halogens is 5. The van der Waals surface area contributed by atoms with E-state index in [0.717, 1.165) is 37.2 Å². The predicted octanol–water partition coefficient (Wildman–Crippen LogP) is 6.20. The van der Waals surface area contributed by atoms with Crippen molar-refractivity contribution in [2.45, 2.75) is 44.7 Å². The molecular formula is C16H15Cl2F3. The Balaban J connectivity index is 2.26. The lowest BCUT2D eigenvalue weighted by molar-refractivity contribution is -0.0696. The van der Waals surface area contributed by atoms with E-state index in [-0.39, 0.29) is 15.6 Å². The maximum atomic E-state index is 12.2. The third-order valence-corrected chi connectivity index (χ3v) is 4.48. The highest BCUT2D eigenvalue weighted by atomic mass is 35.5. The molecule has 114 valence electrons. The quantitative estimate of drug-likeness (QED) is 0.536. The van der Waals surface area contributed by atoms with E-state index in [1.54, 1.807) is 12.1 Å². The average Bonchev–Trinajstić information content (AvgIpc) is 2.37. The molecular weight excluding hydrogens is 320 g/mol. The van der Waals surface area contributed by atoms with E-state index in [1.165, 1.54) is 5.92 Å². The summed E-state index contributed by atoms with van der Waals surface area (Å²) in [7, 11) is 0. The predicted molar refractivity (Wildman–Crippen MR) is 79.8 cm³/mol. The van der Waals surface area contributed by atoms with E-state index < -0.39 is 6.18 Å². The van der Waals surface area contributed by atoms with Gasteiger partial charge in [0, 0.05) is 5.92 Å². The van der Waals surface area contributed by atoms with E-state index in [1.807, 2.05) is 5.92 Å². The molecule has 1 aromatic carbocycles. The molecule has 0 nitrogen and oxygen atoms in total. The van der Waals surface area contributed by atoms with Crippen LogP contribution in [-0.2, 0) is 0 Å². The molecule has 0 bridgehead atoms. The Morgan fingerprint density at radius 3 is 2.05 bits per heavy atom. The molecule has 0 radical (unpaired) electrons. The first-order valence-electron chi connectivity index (χ1n) is 6.85. The zero-order valence-electron chi connectivity index (χ0n) is 11.5. The largest absolute Gasteiger partial charge is 0.458 e. The smallest absolute Gasteiger partial charge is 0.159 e. The molecule has 1 aliphatic rings. The van der Waals surface area contributed by atoms with Crippen molar-refractivity contribution in [2.24, 2.45) is 5.92 Å². The SMILES string of the molecule is CC1CCC(c2cc(Cl)c(C#CC(F)(F)F)c(Cl)c2)CC1. The molecule has 5 heteroatoms. The zero-order valence-corrected chi connectivity index (χ0v) is 13.0. The van der Waals surface area contributed by atoms with E-state index in [2.05, 4.69) is 6.92 Å². The Bertz CT molecular complexity index is 550. The summed E-state index contributed by atoms with van der Waals surface area (Å²) in [6.45, 7) is 2.23. The van der Waals surface area contributed by atoms with Crippen molar-refractivity contribution in [1.82, 2.24) is 0 Å². The van der Waals surface area contributed by atoms with Gasteiger partial charge in [-0.3, -0.25) is 0 Å². The van der Waals surface area contributed by atoms with E-state index >= 15 is 0 Å². The van der Waals surface area contributed by atoms with Gasteiger partial charge in [0.2, 0.25) is 0 Å². The zero-order chi connectivity index (χ0) is 15.6. The second-order valence-corrected chi connectivity index (χ2v) is 6.38. The fraction of sp³-hybridized carbons (Fsp3) is 0.500. The van der Waals surface area contributed by atoms with Crippen LogP contribution >= 0.6 is 23.2 Å². The van der Waals surface area contributed by atoms with Crippen LogP contribution in [-0.4, -0.2) is 6.18 Å². The van der Waals surface area contributed by atoms with E-state index in [9.17, 15) is 13.2 Å². The maximum absolute atomic E-state index is 12.2. The summed E-state index contributed by atoms with van der Waals surface area (Å²) >= 11 is 12.1. The van der Waals surface area contributed by atoms with Crippen LogP contribution in [0, 0.1) is 17.8 Å². The van der Waals surface area contributed by atoms with Crippen molar-refractivity contribution in [3.8, 4) is 11.8 Å². The highest BCUT2D eigenvalue weighted by Crippen LogP contribution is 2.38. The second-order valence-electron chi connectivity index (χ2n) is 5.56. The van der Waals surface area contributed by atoms with Gasteiger partial charge in [-0.05, 0) is 42.4 Å². The van der Waals surface area contributed by atoms with Gasteiger partial charge in [-0.15, -0.1) is 0 Å². The second kappa shape index (κ2) is 6.50. The Morgan fingerprint density at radius 2 is 1.57 bits per heavy atom. The molecule has 2 rings (SSSR count). The van der Waals surface area contributed by atoms with Gasteiger partial charge in [0.25, 0.3) is 0 Å². The minimum Gasteiger partial charge on any atom is -0.159 e. The summed E-state index contributed by atoms with van der Waals surface area (Å²) in [5.41, 5.74) is 1.04. The summed E-state index contributed by atoms with van der Waals surface area (Å²) in [6.07, 6.45) is -0.140. The van der Waals surface area contributed by atoms with Crippen LogP contribution in [0.2, 0.25) is 10.0 Å². The van der Waals surface area contributed by atoms with Crippen LogP contribution in [0.15, 0.2) is 12.1 Å². The van der Waals surface area contributed by atoms with Crippen LogP contribution < -0.4 is 0 Å². The first kappa shape index (κ1) is 16.5. The molecule has 1 fully saturated rings. The molecule has 21 heavy (non-hydrogen) atoms. The lowest BCUT2D eigenvalue weighted by Crippen LogP contribution is -2.11. The standard InChI is InChI=1S/C16H15Cl2F3/c1-10-2-4-11(5-3-10)12-8-14(17)13(15(18)9-12)6-7-16(19,20)21/h8-11H,2-5H2,1H3. The molecule has 1 aromatic rings. The van der Waals surface area contributed by atoms with Crippen molar-refractivity contribution >= 4 is 23.2 Å². The average molecular weight is 335 g/mol. The summed E-state index contributed by atoms with van der Waals surface area (Å²) in [4.78, 5) is 0. The number of hydrogen-bond acceptors (Lipinski definition) is 0. The van der Waals surface area contributed by atoms with Crippen molar-refractivity contribution in [3.05, 3.63) is 33.3 Å². The minimum atomic E-state index is -4.55. The number of benzene rings is 1. The van der Waals surface area contributed by atoms with Gasteiger partial charge >= 0.3 is 6.18 Å². The molecule has 1 aliphatic carbocycles. The minimum absolute atomic E-state index is 0.0450. The van der Waals surface area contributed by atoms with Gasteiger partial charge in [0.15, 0.2) is 0 Å². The van der Waals surface area contributed by atoms with E-state index in [4.69, 9.17) is 23.2 Å². The number of rotatable bonds is 1. The van der Waals surface area contributed by atoms with Crippen LogP contribution in [0.1, 0.15) is 49.7 Å². The van der Waals surface area contributed by atoms with Crippen molar-refractivity contribution in [2.75, 3.05) is 0 Å². The molecule has 0 aliphatic heterocycles. The summed E-state index contributed by atoms with van der Waals surface area (Å²) < 4.78 is 36.5. The topological polar surface area (TPSA) is 0 Å². The fourth-order valence-electron chi connectivity index (χ4n) is 2.67. The first-order valence-corrected chi connectivity index (χ1v) is 7.60. The monoisotopic (exact) mass is 334 g/mol. The van der Waals surface area contributed by atoms with Crippen LogP contribution in [0.4, 0.5) is 13.2 Å². The Morgan fingerprint density at radius 1 is 1.05 bits per heavy atom. The highest BCUT2D eigenvalue weighted by Gasteiger charge is 2.24. The molecule has 0 atom stereocenters. The van der Waals surface area contributed by atoms with Crippen LogP contribution in [0.25, 0.3) is 0 Å². The Kier molecular flexibility index (Phi) is 5.11. The van der Waals surface area contributed by atoms with Gasteiger partial charge in [0.05, 0.1) is 15.6 Å². The lowest BCUT2D eigenvalue weighted by atomic mass is 9.79. The van der Waals surface area contributed by atoms with Gasteiger partial charge in [-0.25, -0.2) is 0 Å².